The van der Waals surface area contributed by atoms with Crippen LogP contribution in [0.1, 0.15) is 131 Å². The van der Waals surface area contributed by atoms with Crippen molar-refractivity contribution in [1.29, 1.82) is 0 Å². The van der Waals surface area contributed by atoms with E-state index < -0.39 is 5.41 Å². The summed E-state index contributed by atoms with van der Waals surface area (Å²) in [6, 6.07) is 0. The van der Waals surface area contributed by atoms with E-state index in [-0.39, 0.29) is 47.1 Å². The number of methoxy groups -OCH3 is 1. The van der Waals surface area contributed by atoms with Gasteiger partial charge in [0.15, 0.2) is 12.0 Å². The molecule has 0 aromatic heterocycles. The molecule has 10 unspecified atom stereocenters. The molecule has 252 valence electrons. The summed E-state index contributed by atoms with van der Waals surface area (Å²) < 4.78 is 12.7. The smallest absolute Gasteiger partial charge is 0.305 e. The van der Waals surface area contributed by atoms with Gasteiger partial charge in [-0.25, -0.2) is 0 Å². The van der Waals surface area contributed by atoms with E-state index in [1.807, 2.05) is 4.68 Å². The number of rotatable bonds is 12. The lowest BCUT2D eigenvalue weighted by molar-refractivity contribution is -0.517. The molecule has 4 saturated carbocycles. The van der Waals surface area contributed by atoms with Crippen LogP contribution in [0.5, 0.6) is 0 Å². The van der Waals surface area contributed by atoms with E-state index in [0.29, 0.717) is 30.0 Å². The van der Waals surface area contributed by atoms with Crippen molar-refractivity contribution < 1.29 is 28.5 Å². The highest BCUT2D eigenvalue weighted by molar-refractivity contribution is 5.99. The Morgan fingerprint density at radius 3 is 2.62 bits per heavy atom. The lowest BCUT2D eigenvalue weighted by Gasteiger charge is -2.62. The van der Waals surface area contributed by atoms with Gasteiger partial charge in [0.25, 0.3) is 0 Å². The largest absolute Gasteiger partial charge is 0.469 e. The minimum Gasteiger partial charge on any atom is -0.469 e. The van der Waals surface area contributed by atoms with Crippen molar-refractivity contribution in [2.24, 2.45) is 52.3 Å². The molecule has 5 aliphatic rings. The summed E-state index contributed by atoms with van der Waals surface area (Å²) in [5.41, 5.74) is 7.53. The predicted octanol–water partition coefficient (Wildman–Crippen LogP) is 6.88. The summed E-state index contributed by atoms with van der Waals surface area (Å²) in [5, 5.41) is 0. The molecule has 4 aliphatic carbocycles. The Hall–Kier alpha value is -2.38. The number of allylic oxidation sites excluding steroid dienone is 1. The number of hydrogen-bond donors (Lipinski definition) is 2. The van der Waals surface area contributed by atoms with Gasteiger partial charge in [-0.3, -0.25) is 19.8 Å². The molecular weight excluding hydrogens is 566 g/mol. The monoisotopic (exact) mass is 626 g/mol. The van der Waals surface area contributed by atoms with E-state index in [9.17, 15) is 9.59 Å². The van der Waals surface area contributed by atoms with Crippen LogP contribution in [0.3, 0.4) is 0 Å². The molecule has 0 bridgehead atoms. The first kappa shape index (κ1) is 34.0. The first-order valence-electron chi connectivity index (χ1n) is 18.2. The average Bonchev–Trinajstić information content (AvgIpc) is 3.61. The molecule has 0 radical (unpaired) electrons. The molecule has 2 N–H and O–H groups in total. The first-order valence-corrected chi connectivity index (χ1v) is 18.2. The number of hydrazine groups is 2. The Labute approximate surface area is 271 Å². The lowest BCUT2D eigenvalue weighted by atomic mass is 9.41. The summed E-state index contributed by atoms with van der Waals surface area (Å²) in [6.07, 6.45) is 19.9. The quantitative estimate of drug-likeness (QED) is 0.139. The van der Waals surface area contributed by atoms with E-state index in [2.05, 4.69) is 51.1 Å². The number of nitrogens with zero attached hydrogens (tertiary/aromatic N) is 1. The molecule has 1 aliphatic heterocycles. The summed E-state index contributed by atoms with van der Waals surface area (Å²) >= 11 is 0. The molecule has 0 amide bonds. The number of unbranched alkanes of at least 4 members (excludes halogenated alkanes) is 4. The molecule has 4 fully saturated rings. The van der Waals surface area contributed by atoms with Gasteiger partial charge in [-0.1, -0.05) is 63.6 Å². The average molecular weight is 627 g/mol. The van der Waals surface area contributed by atoms with Gasteiger partial charge in [-0.05, 0) is 105 Å². The van der Waals surface area contributed by atoms with Gasteiger partial charge in [-0.2, -0.15) is 0 Å². The number of fused-ring (bicyclic) bond motifs is 5. The lowest BCUT2D eigenvalue weighted by Crippen LogP contribution is -2.62. The maximum Gasteiger partial charge on any atom is 0.305 e. The maximum atomic E-state index is 15.2. The molecule has 8 nitrogen and oxygen atoms in total. The third kappa shape index (κ3) is 6.72. The van der Waals surface area contributed by atoms with Gasteiger partial charge in [0, 0.05) is 18.8 Å². The maximum absolute atomic E-state index is 15.2. The molecule has 0 aromatic rings. The Balaban J connectivity index is 1.44. The molecule has 5 rings (SSSR count). The van der Waals surface area contributed by atoms with Crippen molar-refractivity contribution in [2.45, 2.75) is 137 Å². The van der Waals surface area contributed by atoms with Gasteiger partial charge < -0.3 is 9.47 Å². The molecule has 1 heterocycles. The Kier molecular flexibility index (Phi) is 10.7. The van der Waals surface area contributed by atoms with Crippen LogP contribution in [-0.2, 0) is 23.9 Å². The van der Waals surface area contributed by atoms with Crippen LogP contribution in [0.4, 0.5) is 0 Å². The first-order chi connectivity index (χ1) is 21.5. The van der Waals surface area contributed by atoms with Crippen LogP contribution in [0.25, 0.3) is 0 Å². The molecule has 0 saturated heterocycles. The van der Waals surface area contributed by atoms with Crippen LogP contribution < -0.4 is 11.0 Å². The number of Topliss-reactive ketones (excluding diaryl/α,β-unsaturated/α-hetero) is 1. The second-order valence-electron chi connectivity index (χ2n) is 15.6. The van der Waals surface area contributed by atoms with Crippen molar-refractivity contribution in [3.63, 3.8) is 0 Å². The Bertz CT molecular complexity index is 1170. The number of carbonyl (C=O) groups is 3. The van der Waals surface area contributed by atoms with E-state index in [1.165, 1.54) is 45.4 Å². The number of nitrogens with one attached hydrogen (secondary N) is 2. The second-order valence-corrected chi connectivity index (χ2v) is 15.6. The number of ether oxygens (including phenoxy) is 2. The van der Waals surface area contributed by atoms with Crippen molar-refractivity contribution in [3.05, 3.63) is 11.9 Å². The van der Waals surface area contributed by atoms with Gasteiger partial charge in [0.1, 0.15) is 17.7 Å². The summed E-state index contributed by atoms with van der Waals surface area (Å²) in [4.78, 5) is 39.0. The Morgan fingerprint density at radius 1 is 1.11 bits per heavy atom. The van der Waals surface area contributed by atoms with Crippen molar-refractivity contribution in [2.75, 3.05) is 7.11 Å². The molecule has 8 heteroatoms. The normalized spacial score (nSPS) is 38.7. The number of esters is 2. The van der Waals surface area contributed by atoms with Gasteiger partial charge in [0.2, 0.25) is 6.20 Å². The van der Waals surface area contributed by atoms with Crippen molar-refractivity contribution >= 4 is 23.9 Å². The number of hydrogen-bond acceptors (Lipinski definition) is 7. The van der Waals surface area contributed by atoms with Crippen LogP contribution in [-0.4, -0.2) is 41.8 Å². The van der Waals surface area contributed by atoms with E-state index in [1.54, 1.807) is 0 Å². The minimum atomic E-state index is -0.408. The molecule has 45 heavy (non-hydrogen) atoms. The zero-order chi connectivity index (χ0) is 32.4. The highest BCUT2D eigenvalue weighted by atomic mass is 16.5. The third-order valence-corrected chi connectivity index (χ3v) is 13.2. The van der Waals surface area contributed by atoms with E-state index in [0.717, 1.165) is 64.2 Å². The zero-order valence-electron chi connectivity index (χ0n) is 28.9. The van der Waals surface area contributed by atoms with Crippen LogP contribution >= 0.6 is 0 Å². The third-order valence-electron chi connectivity index (χ3n) is 13.2. The number of hydrazone groups is 1. The SMILES string of the molecule is CCCCCCCC1=C[N+](=CC2C(=O)C3(C)C(C(C)CCC(=O)OC)CCC3C3CCC4CC(OC(C)=O)CCC4(C)C23)NN1. The standard InChI is InChI=1S/C37H60N3O5/c1-7-8-9-10-11-12-27-22-40(39-38-27)23-30-34-29(15-14-26-21-28(45-25(3)41)19-20-36(26,34)4)32-17-16-31(37(32,5)35(30)43)24(2)13-18-33(42)44-6/h22-24,26,28-32,34,38-39H,7-21H2,1-6H3/q+1. The topological polar surface area (TPSA) is 96.7 Å². The molecule has 10 atom stereocenters. The van der Waals surface area contributed by atoms with Crippen molar-refractivity contribution in [1.82, 2.24) is 11.0 Å². The van der Waals surface area contributed by atoms with Gasteiger partial charge >= 0.3 is 11.9 Å². The molecule has 0 aromatic carbocycles. The zero-order valence-corrected chi connectivity index (χ0v) is 28.9. The highest BCUT2D eigenvalue weighted by Gasteiger charge is 2.68. The van der Waals surface area contributed by atoms with Crippen molar-refractivity contribution in [3.8, 4) is 0 Å². The van der Waals surface area contributed by atoms with Crippen LogP contribution in [0.15, 0.2) is 11.9 Å². The molecule has 0 spiro atoms. The number of carbonyl (C=O) groups excluding carboxylic acids is 3. The minimum absolute atomic E-state index is 0.0112. The molecular formula is C37H60N3O5+. The van der Waals surface area contributed by atoms with Gasteiger partial charge in [-0.15, -0.1) is 0 Å². The van der Waals surface area contributed by atoms with Gasteiger partial charge in [0.05, 0.1) is 7.11 Å². The summed E-state index contributed by atoms with van der Waals surface area (Å²) in [6.45, 7) is 10.7. The van der Waals surface area contributed by atoms with Crippen LogP contribution in [0, 0.1) is 52.3 Å². The summed E-state index contributed by atoms with van der Waals surface area (Å²) in [7, 11) is 1.45. The van der Waals surface area contributed by atoms with E-state index in [4.69, 9.17) is 9.47 Å². The second kappa shape index (κ2) is 14.2. The number of ketones is 1. The summed E-state index contributed by atoms with van der Waals surface area (Å²) in [5.74, 6) is 1.94. The fourth-order valence-corrected chi connectivity index (χ4v) is 10.9. The van der Waals surface area contributed by atoms with E-state index >= 15 is 4.79 Å². The fraction of sp³-hybridized carbons (Fsp3) is 0.838. The highest BCUT2D eigenvalue weighted by Crippen LogP contribution is 2.68. The Morgan fingerprint density at radius 2 is 1.89 bits per heavy atom. The van der Waals surface area contributed by atoms with Crippen LogP contribution in [0.2, 0.25) is 0 Å². The predicted molar refractivity (Wildman–Crippen MR) is 175 cm³/mol. The fourth-order valence-electron chi connectivity index (χ4n) is 10.9.